The first-order valence-electron chi connectivity index (χ1n) is 6.00. The number of carbonyl (C=O) groups is 2. The van der Waals surface area contributed by atoms with Crippen molar-refractivity contribution < 1.29 is 19.4 Å². The molecule has 0 saturated heterocycles. The standard InChI is InChI=1S/C15H12ClNO4/c1-21-13-5-3-2-4-10(13)14(18)17-9-6-7-12(16)11(8-9)15(19)20/h2-8H,1H3,(H,17,18)(H,19,20). The molecule has 21 heavy (non-hydrogen) atoms. The Balaban J connectivity index is 2.28. The van der Waals surface area contributed by atoms with Crippen LogP contribution in [0, 0.1) is 0 Å². The van der Waals surface area contributed by atoms with Crippen LogP contribution >= 0.6 is 11.6 Å². The van der Waals surface area contributed by atoms with Gasteiger partial charge in [0.15, 0.2) is 0 Å². The Morgan fingerprint density at radius 1 is 1.14 bits per heavy atom. The van der Waals surface area contributed by atoms with E-state index < -0.39 is 11.9 Å². The molecule has 0 heterocycles. The molecule has 2 rings (SSSR count). The molecule has 1 amide bonds. The molecule has 108 valence electrons. The van der Waals surface area contributed by atoms with Gasteiger partial charge in [-0.3, -0.25) is 4.79 Å². The van der Waals surface area contributed by atoms with E-state index in [-0.39, 0.29) is 10.6 Å². The summed E-state index contributed by atoms with van der Waals surface area (Å²) in [7, 11) is 1.47. The van der Waals surface area contributed by atoms with Crippen molar-refractivity contribution in [1.29, 1.82) is 0 Å². The number of carboxylic acid groups (broad SMARTS) is 1. The van der Waals surface area contributed by atoms with Crippen molar-refractivity contribution in [3.05, 3.63) is 58.6 Å². The average Bonchev–Trinajstić information content (AvgIpc) is 2.48. The Bertz CT molecular complexity index is 700. The van der Waals surface area contributed by atoms with Crippen molar-refractivity contribution in [2.24, 2.45) is 0 Å². The summed E-state index contributed by atoms with van der Waals surface area (Å²) >= 11 is 5.78. The van der Waals surface area contributed by atoms with Crippen molar-refractivity contribution in [3.8, 4) is 5.75 Å². The van der Waals surface area contributed by atoms with Crippen LogP contribution in [0.3, 0.4) is 0 Å². The molecule has 0 aliphatic heterocycles. The highest BCUT2D eigenvalue weighted by molar-refractivity contribution is 6.33. The number of hydrogen-bond acceptors (Lipinski definition) is 3. The van der Waals surface area contributed by atoms with Gasteiger partial charge >= 0.3 is 5.97 Å². The van der Waals surface area contributed by atoms with Gasteiger partial charge in [0.2, 0.25) is 0 Å². The van der Waals surface area contributed by atoms with E-state index >= 15 is 0 Å². The van der Waals surface area contributed by atoms with Crippen LogP contribution in [0.25, 0.3) is 0 Å². The molecule has 0 saturated carbocycles. The number of para-hydroxylation sites is 1. The van der Waals surface area contributed by atoms with E-state index in [1.807, 2.05) is 0 Å². The summed E-state index contributed by atoms with van der Waals surface area (Å²) in [5.74, 6) is -1.12. The predicted octanol–water partition coefficient (Wildman–Crippen LogP) is 3.30. The maximum atomic E-state index is 12.2. The Hall–Kier alpha value is -2.53. The molecule has 0 radical (unpaired) electrons. The Morgan fingerprint density at radius 3 is 2.52 bits per heavy atom. The van der Waals surface area contributed by atoms with E-state index in [9.17, 15) is 9.59 Å². The summed E-state index contributed by atoms with van der Waals surface area (Å²) in [5.41, 5.74) is 0.619. The number of carboxylic acids is 1. The Labute approximate surface area is 126 Å². The van der Waals surface area contributed by atoms with Gasteiger partial charge in [-0.05, 0) is 30.3 Å². The fraction of sp³-hybridized carbons (Fsp3) is 0.0667. The zero-order valence-corrected chi connectivity index (χ0v) is 11.8. The van der Waals surface area contributed by atoms with Crippen molar-refractivity contribution in [2.45, 2.75) is 0 Å². The van der Waals surface area contributed by atoms with E-state index in [0.29, 0.717) is 17.0 Å². The summed E-state index contributed by atoms with van der Waals surface area (Å²) < 4.78 is 5.11. The lowest BCUT2D eigenvalue weighted by Gasteiger charge is -2.10. The minimum atomic E-state index is -1.16. The molecule has 0 aromatic heterocycles. The van der Waals surface area contributed by atoms with Gasteiger partial charge in [0.05, 0.1) is 23.3 Å². The number of hydrogen-bond donors (Lipinski definition) is 2. The molecule has 0 aliphatic carbocycles. The van der Waals surface area contributed by atoms with E-state index in [1.54, 1.807) is 24.3 Å². The molecular formula is C15H12ClNO4. The zero-order valence-electron chi connectivity index (χ0n) is 11.1. The summed E-state index contributed by atoms with van der Waals surface area (Å²) in [6, 6.07) is 11.0. The first kappa shape index (κ1) is 14.9. The second-order valence-corrected chi connectivity index (χ2v) is 4.56. The number of amides is 1. The van der Waals surface area contributed by atoms with E-state index in [0.717, 1.165) is 0 Å². The smallest absolute Gasteiger partial charge is 0.337 e. The molecule has 2 aromatic carbocycles. The highest BCUT2D eigenvalue weighted by atomic mass is 35.5. The predicted molar refractivity (Wildman–Crippen MR) is 79.4 cm³/mol. The highest BCUT2D eigenvalue weighted by Gasteiger charge is 2.14. The fourth-order valence-electron chi connectivity index (χ4n) is 1.80. The number of benzene rings is 2. The van der Waals surface area contributed by atoms with Gasteiger partial charge in [-0.15, -0.1) is 0 Å². The molecule has 5 nitrogen and oxygen atoms in total. The summed E-state index contributed by atoms with van der Waals surface area (Å²) in [5, 5.41) is 11.7. The third kappa shape index (κ3) is 3.32. The maximum absolute atomic E-state index is 12.2. The van der Waals surface area contributed by atoms with Crippen LogP contribution in [-0.4, -0.2) is 24.1 Å². The fourth-order valence-corrected chi connectivity index (χ4v) is 2.00. The Kier molecular flexibility index (Phi) is 4.45. The van der Waals surface area contributed by atoms with Crippen LogP contribution in [0.2, 0.25) is 5.02 Å². The summed E-state index contributed by atoms with van der Waals surface area (Å²) in [4.78, 5) is 23.2. The van der Waals surface area contributed by atoms with Crippen LogP contribution in [0.4, 0.5) is 5.69 Å². The number of aromatic carboxylic acids is 1. The molecule has 6 heteroatoms. The number of methoxy groups -OCH3 is 1. The van der Waals surface area contributed by atoms with Gasteiger partial charge in [-0.2, -0.15) is 0 Å². The molecule has 0 aliphatic rings. The normalized spacial score (nSPS) is 10.0. The van der Waals surface area contributed by atoms with Gasteiger partial charge in [-0.1, -0.05) is 23.7 Å². The van der Waals surface area contributed by atoms with Crippen molar-refractivity contribution in [2.75, 3.05) is 12.4 Å². The number of ether oxygens (including phenoxy) is 1. The van der Waals surface area contributed by atoms with E-state index in [2.05, 4.69) is 5.32 Å². The number of anilines is 1. The maximum Gasteiger partial charge on any atom is 0.337 e. The van der Waals surface area contributed by atoms with Gasteiger partial charge < -0.3 is 15.2 Å². The topological polar surface area (TPSA) is 75.6 Å². The van der Waals surface area contributed by atoms with E-state index in [4.69, 9.17) is 21.4 Å². The number of rotatable bonds is 4. The first-order chi connectivity index (χ1) is 10.0. The lowest BCUT2D eigenvalue weighted by atomic mass is 10.1. The molecule has 2 N–H and O–H groups in total. The molecule has 0 fully saturated rings. The molecule has 0 spiro atoms. The molecule has 0 bridgehead atoms. The summed E-state index contributed by atoms with van der Waals surface area (Å²) in [6.07, 6.45) is 0. The zero-order chi connectivity index (χ0) is 15.4. The van der Waals surface area contributed by atoms with Crippen LogP contribution in [-0.2, 0) is 0 Å². The van der Waals surface area contributed by atoms with Crippen molar-refractivity contribution in [3.63, 3.8) is 0 Å². The van der Waals surface area contributed by atoms with Crippen molar-refractivity contribution >= 4 is 29.2 Å². The lowest BCUT2D eigenvalue weighted by Crippen LogP contribution is -2.13. The third-order valence-corrected chi connectivity index (χ3v) is 3.14. The lowest BCUT2D eigenvalue weighted by molar-refractivity contribution is 0.0696. The van der Waals surface area contributed by atoms with Crippen LogP contribution in [0.15, 0.2) is 42.5 Å². The largest absolute Gasteiger partial charge is 0.496 e. The van der Waals surface area contributed by atoms with Crippen molar-refractivity contribution in [1.82, 2.24) is 0 Å². The monoisotopic (exact) mass is 305 g/mol. The molecule has 2 aromatic rings. The minimum Gasteiger partial charge on any atom is -0.496 e. The van der Waals surface area contributed by atoms with E-state index in [1.165, 1.54) is 25.3 Å². The van der Waals surface area contributed by atoms with Crippen LogP contribution in [0.5, 0.6) is 5.75 Å². The van der Waals surface area contributed by atoms with Gasteiger partial charge in [0.25, 0.3) is 5.91 Å². The minimum absolute atomic E-state index is 0.0745. The number of halogens is 1. The third-order valence-electron chi connectivity index (χ3n) is 2.81. The summed E-state index contributed by atoms with van der Waals surface area (Å²) in [6.45, 7) is 0. The molecular weight excluding hydrogens is 294 g/mol. The molecule has 0 unspecified atom stereocenters. The quantitative estimate of drug-likeness (QED) is 0.908. The van der Waals surface area contributed by atoms with Crippen LogP contribution < -0.4 is 10.1 Å². The van der Waals surface area contributed by atoms with Gasteiger partial charge in [-0.25, -0.2) is 4.79 Å². The SMILES string of the molecule is COc1ccccc1C(=O)Nc1ccc(Cl)c(C(=O)O)c1. The second-order valence-electron chi connectivity index (χ2n) is 4.15. The van der Waals surface area contributed by atoms with Gasteiger partial charge in [0, 0.05) is 5.69 Å². The van der Waals surface area contributed by atoms with Crippen LogP contribution in [0.1, 0.15) is 20.7 Å². The Morgan fingerprint density at radius 2 is 1.86 bits per heavy atom. The highest BCUT2D eigenvalue weighted by Crippen LogP contribution is 2.23. The average molecular weight is 306 g/mol. The number of carbonyl (C=O) groups excluding carboxylic acids is 1. The van der Waals surface area contributed by atoms with Gasteiger partial charge in [0.1, 0.15) is 5.75 Å². The molecule has 0 atom stereocenters. The first-order valence-corrected chi connectivity index (χ1v) is 6.38. The number of nitrogens with one attached hydrogen (secondary N) is 1. The second kappa shape index (κ2) is 6.28.